The van der Waals surface area contributed by atoms with E-state index in [9.17, 15) is 4.79 Å². The number of benzene rings is 3. The van der Waals surface area contributed by atoms with Gasteiger partial charge >= 0.3 is 0 Å². The standard InChI is InChI=1S/C28H25ClO8/c1-15-21(35-13-18-10-19(29)9-17-12-34-14-36-26(17)18)8-6-20-24(30)23(37-25(15)20)11-16-5-7-22(31-2)28(33-4)27(16)32-3/h5-11H,12-14H2,1-4H3/b23-11-. The summed E-state index contributed by atoms with van der Waals surface area (Å²) >= 11 is 6.27. The molecule has 9 heteroatoms. The molecular formula is C28H25ClO8. The van der Waals surface area contributed by atoms with E-state index in [1.165, 1.54) is 14.2 Å². The maximum atomic E-state index is 13.1. The Labute approximate surface area is 219 Å². The van der Waals surface area contributed by atoms with Crippen molar-refractivity contribution in [2.45, 2.75) is 20.1 Å². The Morgan fingerprint density at radius 1 is 0.973 bits per heavy atom. The second-order valence-electron chi connectivity index (χ2n) is 8.38. The second kappa shape index (κ2) is 10.2. The van der Waals surface area contributed by atoms with Crippen LogP contribution in [-0.4, -0.2) is 33.9 Å². The highest BCUT2D eigenvalue weighted by atomic mass is 35.5. The van der Waals surface area contributed by atoms with Gasteiger partial charge in [-0.3, -0.25) is 4.79 Å². The molecule has 0 N–H and O–H groups in total. The Morgan fingerprint density at radius 2 is 1.76 bits per heavy atom. The molecule has 0 aliphatic carbocycles. The average Bonchev–Trinajstić information content (AvgIpc) is 3.23. The molecule has 0 spiro atoms. The van der Waals surface area contributed by atoms with Crippen molar-refractivity contribution < 1.29 is 38.0 Å². The molecule has 2 aliphatic heterocycles. The zero-order valence-electron chi connectivity index (χ0n) is 20.8. The van der Waals surface area contributed by atoms with E-state index in [-0.39, 0.29) is 24.9 Å². The van der Waals surface area contributed by atoms with E-state index in [0.29, 0.717) is 57.1 Å². The summed E-state index contributed by atoms with van der Waals surface area (Å²) in [6.07, 6.45) is 1.63. The van der Waals surface area contributed by atoms with Gasteiger partial charge in [0.1, 0.15) is 23.9 Å². The number of Topliss-reactive ketones (excluding diaryl/α,β-unsaturated/α-hetero) is 1. The first-order valence-corrected chi connectivity index (χ1v) is 11.8. The molecule has 0 bridgehead atoms. The lowest BCUT2D eigenvalue weighted by atomic mass is 10.0. The van der Waals surface area contributed by atoms with Gasteiger partial charge in [-0.1, -0.05) is 11.6 Å². The molecule has 0 fully saturated rings. The van der Waals surface area contributed by atoms with Crippen molar-refractivity contribution in [3.05, 3.63) is 75.0 Å². The third kappa shape index (κ3) is 4.54. The number of fused-ring (bicyclic) bond motifs is 2. The second-order valence-corrected chi connectivity index (χ2v) is 8.82. The number of methoxy groups -OCH3 is 3. The molecule has 192 valence electrons. The van der Waals surface area contributed by atoms with Crippen LogP contribution in [0.3, 0.4) is 0 Å². The molecule has 5 rings (SSSR count). The van der Waals surface area contributed by atoms with E-state index in [1.807, 2.05) is 19.1 Å². The summed E-state index contributed by atoms with van der Waals surface area (Å²) in [4.78, 5) is 13.1. The van der Waals surface area contributed by atoms with Gasteiger partial charge in [0, 0.05) is 27.3 Å². The van der Waals surface area contributed by atoms with E-state index in [4.69, 9.17) is 44.8 Å². The SMILES string of the molecule is COc1ccc(/C=C2\Oc3c(ccc(OCc4cc(Cl)cc5c4OCOC5)c3C)C2=O)c(OC)c1OC. The topological polar surface area (TPSA) is 81.7 Å². The molecule has 0 radical (unpaired) electrons. The smallest absolute Gasteiger partial charge is 0.231 e. The molecule has 8 nitrogen and oxygen atoms in total. The predicted octanol–water partition coefficient (Wildman–Crippen LogP) is 5.74. The van der Waals surface area contributed by atoms with Gasteiger partial charge in [0.2, 0.25) is 11.5 Å². The van der Waals surface area contributed by atoms with Crippen LogP contribution in [0.1, 0.15) is 32.6 Å². The number of ketones is 1. The lowest BCUT2D eigenvalue weighted by molar-refractivity contribution is -0.0175. The fourth-order valence-corrected chi connectivity index (χ4v) is 4.69. The van der Waals surface area contributed by atoms with Crippen LogP contribution >= 0.6 is 11.6 Å². The third-order valence-corrected chi connectivity index (χ3v) is 6.41. The minimum absolute atomic E-state index is 0.165. The van der Waals surface area contributed by atoms with Gasteiger partial charge in [-0.05, 0) is 49.4 Å². The summed E-state index contributed by atoms with van der Waals surface area (Å²) < 4.78 is 39.5. The Balaban J connectivity index is 1.42. The van der Waals surface area contributed by atoms with Crippen molar-refractivity contribution in [3.63, 3.8) is 0 Å². The first-order valence-electron chi connectivity index (χ1n) is 11.5. The van der Waals surface area contributed by atoms with Crippen molar-refractivity contribution in [1.82, 2.24) is 0 Å². The zero-order valence-corrected chi connectivity index (χ0v) is 21.6. The predicted molar refractivity (Wildman–Crippen MR) is 136 cm³/mol. The van der Waals surface area contributed by atoms with Crippen LogP contribution in [0.15, 0.2) is 42.2 Å². The number of hydrogen-bond donors (Lipinski definition) is 0. The highest BCUT2D eigenvalue weighted by Crippen LogP contribution is 2.43. The fraction of sp³-hybridized carbons (Fsp3) is 0.250. The maximum Gasteiger partial charge on any atom is 0.231 e. The Hall–Kier alpha value is -3.88. The number of carbonyl (C=O) groups is 1. The van der Waals surface area contributed by atoms with Gasteiger partial charge < -0.3 is 33.2 Å². The lowest BCUT2D eigenvalue weighted by Gasteiger charge is -2.21. The largest absolute Gasteiger partial charge is 0.493 e. The van der Waals surface area contributed by atoms with Gasteiger partial charge in [-0.15, -0.1) is 0 Å². The van der Waals surface area contributed by atoms with E-state index in [0.717, 1.165) is 16.9 Å². The van der Waals surface area contributed by atoms with Gasteiger partial charge in [0.15, 0.2) is 24.1 Å². The molecule has 0 amide bonds. The minimum Gasteiger partial charge on any atom is -0.493 e. The molecule has 37 heavy (non-hydrogen) atoms. The van der Waals surface area contributed by atoms with Crippen LogP contribution < -0.4 is 28.4 Å². The summed E-state index contributed by atoms with van der Waals surface area (Å²) in [5.41, 5.74) is 3.45. The quantitative estimate of drug-likeness (QED) is 0.362. The van der Waals surface area contributed by atoms with Crippen molar-refractivity contribution in [3.8, 4) is 34.5 Å². The Morgan fingerprint density at radius 3 is 2.51 bits per heavy atom. The molecular weight excluding hydrogens is 500 g/mol. The van der Waals surface area contributed by atoms with Crippen LogP contribution in [0.25, 0.3) is 6.08 Å². The number of rotatable bonds is 7. The van der Waals surface area contributed by atoms with Crippen molar-refractivity contribution in [2.75, 3.05) is 28.1 Å². The van der Waals surface area contributed by atoms with E-state index < -0.39 is 0 Å². The molecule has 0 saturated carbocycles. The van der Waals surface area contributed by atoms with Gasteiger partial charge in [-0.2, -0.15) is 0 Å². The minimum atomic E-state index is -0.237. The first kappa shape index (κ1) is 24.8. The Kier molecular flexibility index (Phi) is 6.86. The molecule has 2 aliphatic rings. The molecule has 0 saturated heterocycles. The summed E-state index contributed by atoms with van der Waals surface area (Å²) in [7, 11) is 4.59. The van der Waals surface area contributed by atoms with Crippen LogP contribution in [0.4, 0.5) is 0 Å². The highest BCUT2D eigenvalue weighted by Gasteiger charge is 2.31. The molecule has 3 aromatic carbocycles. The van der Waals surface area contributed by atoms with Crippen molar-refractivity contribution in [1.29, 1.82) is 0 Å². The van der Waals surface area contributed by atoms with Crippen LogP contribution in [0.5, 0.6) is 34.5 Å². The maximum absolute atomic E-state index is 13.1. The van der Waals surface area contributed by atoms with Gasteiger partial charge in [0.05, 0.1) is 33.5 Å². The van der Waals surface area contributed by atoms with Crippen LogP contribution in [0, 0.1) is 6.92 Å². The third-order valence-electron chi connectivity index (χ3n) is 6.19. The number of hydrogen-bond acceptors (Lipinski definition) is 8. The molecule has 0 atom stereocenters. The lowest BCUT2D eigenvalue weighted by Crippen LogP contribution is -2.14. The zero-order chi connectivity index (χ0) is 26.1. The van der Waals surface area contributed by atoms with E-state index in [1.54, 1.807) is 37.5 Å². The average molecular weight is 525 g/mol. The fourth-order valence-electron chi connectivity index (χ4n) is 4.42. The van der Waals surface area contributed by atoms with Crippen LogP contribution in [0.2, 0.25) is 5.02 Å². The number of halogens is 1. The van der Waals surface area contributed by atoms with E-state index >= 15 is 0 Å². The highest BCUT2D eigenvalue weighted by molar-refractivity contribution is 6.30. The summed E-state index contributed by atoms with van der Waals surface area (Å²) in [6, 6.07) is 10.6. The van der Waals surface area contributed by atoms with Gasteiger partial charge in [-0.25, -0.2) is 0 Å². The first-order chi connectivity index (χ1) is 17.9. The molecule has 2 heterocycles. The monoisotopic (exact) mass is 524 g/mol. The van der Waals surface area contributed by atoms with Crippen molar-refractivity contribution >= 4 is 23.5 Å². The Bertz CT molecular complexity index is 1410. The molecule has 0 aromatic heterocycles. The number of allylic oxidation sites excluding steroid dienone is 1. The molecule has 3 aromatic rings. The van der Waals surface area contributed by atoms with Crippen LogP contribution in [-0.2, 0) is 18.0 Å². The normalized spacial score (nSPS) is 14.9. The molecule has 0 unspecified atom stereocenters. The number of ether oxygens (including phenoxy) is 7. The summed E-state index contributed by atoms with van der Waals surface area (Å²) in [5.74, 6) is 3.04. The summed E-state index contributed by atoms with van der Waals surface area (Å²) in [6.45, 7) is 2.67. The van der Waals surface area contributed by atoms with E-state index in [2.05, 4.69) is 0 Å². The summed E-state index contributed by atoms with van der Waals surface area (Å²) in [5, 5.41) is 0.575. The van der Waals surface area contributed by atoms with Gasteiger partial charge in [0.25, 0.3) is 0 Å². The van der Waals surface area contributed by atoms with Crippen molar-refractivity contribution in [2.24, 2.45) is 0 Å². The number of carbonyl (C=O) groups excluding carboxylic acids is 1.